The van der Waals surface area contributed by atoms with Crippen LogP contribution in [-0.2, 0) is 4.79 Å². The minimum Gasteiger partial charge on any atom is -0.481 e. The minimum atomic E-state index is -0.597. The number of aliphatic carboxylic acids is 1. The fraction of sp³-hybridized carbons (Fsp3) is 0.923. The van der Waals surface area contributed by atoms with Crippen molar-refractivity contribution in [3.8, 4) is 0 Å². The molecule has 1 unspecified atom stereocenters. The molecule has 0 aromatic heterocycles. The Labute approximate surface area is 93.1 Å². The van der Waals surface area contributed by atoms with Gasteiger partial charge in [0.1, 0.15) is 0 Å². The number of hydrogen-bond acceptors (Lipinski definition) is 1. The summed E-state index contributed by atoms with van der Waals surface area (Å²) in [6.45, 7) is 10.6. The van der Waals surface area contributed by atoms with E-state index in [0.717, 1.165) is 25.7 Å². The second-order valence-corrected chi connectivity index (χ2v) is 6.86. The zero-order valence-electron chi connectivity index (χ0n) is 10.7. The van der Waals surface area contributed by atoms with Gasteiger partial charge in [0.2, 0.25) is 0 Å². The smallest absolute Gasteiger partial charge is 0.310 e. The van der Waals surface area contributed by atoms with Crippen LogP contribution in [0.25, 0.3) is 0 Å². The lowest BCUT2D eigenvalue weighted by atomic mass is 9.61. The predicted octanol–water partition coefficient (Wildman–Crippen LogP) is 3.70. The SMILES string of the molecule is CC(C)(C)CC1(C(=O)O)CCCC1(C)C. The quantitative estimate of drug-likeness (QED) is 0.757. The highest BCUT2D eigenvalue weighted by Gasteiger charge is 2.55. The van der Waals surface area contributed by atoms with Crippen LogP contribution in [0, 0.1) is 16.2 Å². The highest BCUT2D eigenvalue weighted by molar-refractivity contribution is 5.76. The highest BCUT2D eigenvalue weighted by Crippen LogP contribution is 2.57. The Hall–Kier alpha value is -0.530. The first kappa shape index (κ1) is 12.5. The van der Waals surface area contributed by atoms with Crippen LogP contribution < -0.4 is 0 Å². The maximum absolute atomic E-state index is 11.6. The minimum absolute atomic E-state index is 0.0634. The average molecular weight is 212 g/mol. The molecule has 1 rings (SSSR count). The van der Waals surface area contributed by atoms with Crippen molar-refractivity contribution >= 4 is 5.97 Å². The lowest BCUT2D eigenvalue weighted by Gasteiger charge is -2.42. The summed E-state index contributed by atoms with van der Waals surface area (Å²) in [6, 6.07) is 0. The Morgan fingerprint density at radius 3 is 2.07 bits per heavy atom. The Morgan fingerprint density at radius 2 is 1.80 bits per heavy atom. The van der Waals surface area contributed by atoms with E-state index < -0.39 is 11.4 Å². The van der Waals surface area contributed by atoms with Gasteiger partial charge in [0.25, 0.3) is 0 Å². The van der Waals surface area contributed by atoms with E-state index >= 15 is 0 Å². The van der Waals surface area contributed by atoms with E-state index in [0.29, 0.717) is 0 Å². The molecule has 1 fully saturated rings. The summed E-state index contributed by atoms with van der Waals surface area (Å²) < 4.78 is 0. The first-order valence-electron chi connectivity index (χ1n) is 5.84. The van der Waals surface area contributed by atoms with Crippen molar-refractivity contribution in [1.82, 2.24) is 0 Å². The molecule has 1 aliphatic carbocycles. The first-order chi connectivity index (χ1) is 6.61. The van der Waals surface area contributed by atoms with Gasteiger partial charge in [0.15, 0.2) is 0 Å². The van der Waals surface area contributed by atoms with E-state index in [9.17, 15) is 9.90 Å². The summed E-state index contributed by atoms with van der Waals surface area (Å²) in [5.74, 6) is -0.597. The molecule has 0 amide bonds. The van der Waals surface area contributed by atoms with Crippen LogP contribution in [0.4, 0.5) is 0 Å². The van der Waals surface area contributed by atoms with Crippen molar-refractivity contribution < 1.29 is 9.90 Å². The summed E-state index contributed by atoms with van der Waals surface area (Å²) in [7, 11) is 0. The molecule has 0 saturated heterocycles. The van der Waals surface area contributed by atoms with Crippen molar-refractivity contribution in [3.05, 3.63) is 0 Å². The lowest BCUT2D eigenvalue weighted by Crippen LogP contribution is -2.43. The van der Waals surface area contributed by atoms with E-state index in [1.54, 1.807) is 0 Å². The second-order valence-electron chi connectivity index (χ2n) is 6.86. The van der Waals surface area contributed by atoms with E-state index in [4.69, 9.17) is 0 Å². The van der Waals surface area contributed by atoms with Crippen molar-refractivity contribution in [1.29, 1.82) is 0 Å². The molecule has 0 bridgehead atoms. The molecule has 0 aliphatic heterocycles. The number of carbonyl (C=O) groups is 1. The number of carboxylic acids is 1. The molecule has 1 saturated carbocycles. The molecule has 0 spiro atoms. The Balaban J connectivity index is 3.05. The summed E-state index contributed by atoms with van der Waals surface area (Å²) in [5, 5.41) is 9.56. The third-order valence-electron chi connectivity index (χ3n) is 3.94. The van der Waals surface area contributed by atoms with E-state index in [-0.39, 0.29) is 10.8 Å². The zero-order valence-corrected chi connectivity index (χ0v) is 10.7. The number of rotatable bonds is 2. The first-order valence-corrected chi connectivity index (χ1v) is 5.84. The van der Waals surface area contributed by atoms with Crippen molar-refractivity contribution in [2.24, 2.45) is 16.2 Å². The number of carboxylic acid groups (broad SMARTS) is 1. The monoisotopic (exact) mass is 212 g/mol. The van der Waals surface area contributed by atoms with Crippen LogP contribution in [0.1, 0.15) is 60.3 Å². The van der Waals surface area contributed by atoms with Crippen LogP contribution >= 0.6 is 0 Å². The van der Waals surface area contributed by atoms with Gasteiger partial charge in [-0.3, -0.25) is 4.79 Å². The summed E-state index contributed by atoms with van der Waals surface area (Å²) in [4.78, 5) is 11.6. The molecule has 15 heavy (non-hydrogen) atoms. The Kier molecular flexibility index (Phi) is 2.92. The standard InChI is InChI=1S/C13H24O2/c1-11(2,3)9-13(10(14)15)8-6-7-12(13,4)5/h6-9H2,1-5H3,(H,14,15). The van der Waals surface area contributed by atoms with Gasteiger partial charge in [-0.15, -0.1) is 0 Å². The molecular formula is C13H24O2. The van der Waals surface area contributed by atoms with E-state index in [1.165, 1.54) is 0 Å². The summed E-state index contributed by atoms with van der Waals surface area (Å²) >= 11 is 0. The Morgan fingerprint density at radius 1 is 1.27 bits per heavy atom. The van der Waals surface area contributed by atoms with Gasteiger partial charge in [-0.2, -0.15) is 0 Å². The summed E-state index contributed by atoms with van der Waals surface area (Å²) in [6.07, 6.45) is 3.71. The lowest BCUT2D eigenvalue weighted by molar-refractivity contribution is -0.157. The van der Waals surface area contributed by atoms with Crippen molar-refractivity contribution in [2.75, 3.05) is 0 Å². The molecule has 1 N–H and O–H groups in total. The van der Waals surface area contributed by atoms with Crippen LogP contribution in [0.2, 0.25) is 0 Å². The Bertz CT molecular complexity index is 260. The maximum atomic E-state index is 11.6. The van der Waals surface area contributed by atoms with E-state index in [2.05, 4.69) is 34.6 Å². The van der Waals surface area contributed by atoms with Crippen LogP contribution in [0.15, 0.2) is 0 Å². The molecule has 0 aromatic carbocycles. The molecule has 2 nitrogen and oxygen atoms in total. The third-order valence-corrected chi connectivity index (χ3v) is 3.94. The molecular weight excluding hydrogens is 188 g/mol. The molecule has 0 aromatic rings. The highest BCUT2D eigenvalue weighted by atomic mass is 16.4. The molecule has 0 heterocycles. The van der Waals surface area contributed by atoms with Gasteiger partial charge in [-0.25, -0.2) is 0 Å². The molecule has 2 heteroatoms. The molecule has 1 aliphatic rings. The van der Waals surface area contributed by atoms with Crippen LogP contribution in [-0.4, -0.2) is 11.1 Å². The van der Waals surface area contributed by atoms with Crippen molar-refractivity contribution in [3.63, 3.8) is 0 Å². The van der Waals surface area contributed by atoms with Gasteiger partial charge in [-0.05, 0) is 30.1 Å². The average Bonchev–Trinajstić information content (AvgIpc) is 2.24. The molecule has 1 atom stereocenters. The number of hydrogen-bond donors (Lipinski definition) is 1. The largest absolute Gasteiger partial charge is 0.481 e. The second kappa shape index (κ2) is 3.50. The van der Waals surface area contributed by atoms with Gasteiger partial charge < -0.3 is 5.11 Å². The van der Waals surface area contributed by atoms with E-state index in [1.807, 2.05) is 0 Å². The normalized spacial score (nSPS) is 30.5. The van der Waals surface area contributed by atoms with Gasteiger partial charge in [0, 0.05) is 0 Å². The predicted molar refractivity (Wildman–Crippen MR) is 61.8 cm³/mol. The van der Waals surface area contributed by atoms with Gasteiger partial charge in [-0.1, -0.05) is 41.0 Å². The molecule has 0 radical (unpaired) electrons. The van der Waals surface area contributed by atoms with Gasteiger partial charge in [0.05, 0.1) is 5.41 Å². The van der Waals surface area contributed by atoms with Crippen LogP contribution in [0.3, 0.4) is 0 Å². The zero-order chi connectivity index (χ0) is 11.9. The topological polar surface area (TPSA) is 37.3 Å². The maximum Gasteiger partial charge on any atom is 0.310 e. The molecule has 88 valence electrons. The third kappa shape index (κ3) is 2.19. The van der Waals surface area contributed by atoms with Crippen molar-refractivity contribution in [2.45, 2.75) is 60.3 Å². The van der Waals surface area contributed by atoms with Crippen LogP contribution in [0.5, 0.6) is 0 Å². The summed E-state index contributed by atoms with van der Waals surface area (Å²) in [5.41, 5.74) is -0.489. The van der Waals surface area contributed by atoms with Gasteiger partial charge >= 0.3 is 5.97 Å². The fourth-order valence-corrected chi connectivity index (χ4v) is 3.11. The fourth-order valence-electron chi connectivity index (χ4n) is 3.11.